The second kappa shape index (κ2) is 9.73. The largest absolute Gasteiger partial charge is 0.507 e. The molecule has 3 saturated heterocycles. The van der Waals surface area contributed by atoms with E-state index in [1.54, 1.807) is 12.1 Å². The molecule has 0 spiro atoms. The predicted octanol–water partition coefficient (Wildman–Crippen LogP) is 3.77. The number of aromatic nitrogens is 3. The Balaban J connectivity index is 1.07. The molecule has 3 aromatic rings. The topological polar surface area (TPSA) is 94.6 Å². The molecule has 3 N–H and O–H groups in total. The lowest BCUT2D eigenvalue weighted by atomic mass is 10.0. The number of hydrogen-bond acceptors (Lipinski definition) is 8. The molecular weight excluding hydrogens is 486 g/mol. The average molecular weight is 522 g/mol. The van der Waals surface area contributed by atoms with Gasteiger partial charge in [0.25, 0.3) is 0 Å². The van der Waals surface area contributed by atoms with E-state index < -0.39 is 0 Å². The van der Waals surface area contributed by atoms with Crippen molar-refractivity contribution in [3.63, 3.8) is 0 Å². The Bertz CT molecular complexity index is 1430. The van der Waals surface area contributed by atoms with E-state index in [1.165, 1.54) is 25.1 Å². The summed E-state index contributed by atoms with van der Waals surface area (Å²) in [5.41, 5.74) is 10.5. The smallest absolute Gasteiger partial charge is 0.169 e. The van der Waals surface area contributed by atoms with Crippen LogP contribution in [0.1, 0.15) is 38.3 Å². The molecule has 1 aliphatic carbocycles. The van der Waals surface area contributed by atoms with Gasteiger partial charge < -0.3 is 20.6 Å². The Labute approximate surface area is 229 Å². The summed E-state index contributed by atoms with van der Waals surface area (Å²) in [7, 11) is 0. The van der Waals surface area contributed by atoms with Crippen LogP contribution in [-0.2, 0) is 0 Å². The van der Waals surface area contributed by atoms with Gasteiger partial charge in [0.15, 0.2) is 5.82 Å². The third kappa shape index (κ3) is 4.35. The summed E-state index contributed by atoms with van der Waals surface area (Å²) in [6, 6.07) is 14.9. The molecule has 3 aliphatic heterocycles. The van der Waals surface area contributed by atoms with E-state index in [-0.39, 0.29) is 5.75 Å². The van der Waals surface area contributed by atoms with Crippen LogP contribution in [0, 0.1) is 23.7 Å². The predicted molar refractivity (Wildman–Crippen MR) is 153 cm³/mol. The van der Waals surface area contributed by atoms with E-state index in [0.29, 0.717) is 29.2 Å². The molecule has 4 unspecified atom stereocenters. The zero-order chi connectivity index (χ0) is 26.5. The molecule has 5 heterocycles. The van der Waals surface area contributed by atoms with Crippen LogP contribution in [0.3, 0.4) is 0 Å². The number of rotatable bonds is 4. The minimum Gasteiger partial charge on any atom is -0.507 e. The first kappa shape index (κ1) is 24.2. The number of nitrogen functional groups attached to an aromatic ring is 1. The highest BCUT2D eigenvalue weighted by Crippen LogP contribution is 2.42. The number of benzene rings is 1. The van der Waals surface area contributed by atoms with Crippen LogP contribution in [0.4, 0.5) is 17.2 Å². The van der Waals surface area contributed by atoms with Gasteiger partial charge in [-0.1, -0.05) is 25.0 Å². The standard InChI is InChI=1S/C31H35N7O/c1-20-21-8-11-28(20)36(17-21)14-4-5-22-15-23(12-13-33-22)38-24-9-10-25(38)19-37(18-24)29-16-27(34-35-31(29)32)26-6-2-3-7-30(26)39/h2-3,6-7,12-13,15-16,20-21,24-25,28,39H,8-11,14,17-19H2,1H3,(H2,32,35)/t20-,21?,24?,25?,28?/m0/s1. The maximum Gasteiger partial charge on any atom is 0.169 e. The Morgan fingerprint density at radius 1 is 1.00 bits per heavy atom. The van der Waals surface area contributed by atoms with E-state index >= 15 is 0 Å². The number of pyridine rings is 1. The minimum absolute atomic E-state index is 0.186. The molecular formula is C31H35N7O. The molecule has 2 aromatic heterocycles. The first-order valence-electron chi connectivity index (χ1n) is 14.2. The number of phenols is 1. The van der Waals surface area contributed by atoms with Gasteiger partial charge in [0.05, 0.1) is 17.9 Å². The van der Waals surface area contributed by atoms with Crippen LogP contribution in [0.15, 0.2) is 48.7 Å². The summed E-state index contributed by atoms with van der Waals surface area (Å²) < 4.78 is 0. The van der Waals surface area contributed by atoms with Crippen LogP contribution in [0.5, 0.6) is 5.75 Å². The second-order valence-corrected chi connectivity index (χ2v) is 11.6. The van der Waals surface area contributed by atoms with Crippen LogP contribution >= 0.6 is 0 Å². The van der Waals surface area contributed by atoms with E-state index in [4.69, 9.17) is 5.73 Å². The van der Waals surface area contributed by atoms with E-state index in [2.05, 4.69) is 60.8 Å². The number of para-hydroxylation sites is 1. The van der Waals surface area contributed by atoms with Crippen LogP contribution in [0.2, 0.25) is 0 Å². The number of anilines is 3. The van der Waals surface area contributed by atoms with Gasteiger partial charge in [-0.2, -0.15) is 0 Å². The number of piperazine rings is 1. The van der Waals surface area contributed by atoms with Crippen molar-refractivity contribution in [3.05, 3.63) is 54.4 Å². The number of hydrogen-bond donors (Lipinski definition) is 2. The maximum absolute atomic E-state index is 10.3. The maximum atomic E-state index is 10.3. The Morgan fingerprint density at radius 2 is 1.82 bits per heavy atom. The van der Waals surface area contributed by atoms with Gasteiger partial charge in [0.1, 0.15) is 11.4 Å². The molecule has 4 fully saturated rings. The van der Waals surface area contributed by atoms with Crippen molar-refractivity contribution in [3.8, 4) is 28.8 Å². The molecule has 200 valence electrons. The lowest BCUT2D eigenvalue weighted by Gasteiger charge is -2.43. The van der Waals surface area contributed by atoms with Crippen molar-refractivity contribution < 1.29 is 5.11 Å². The quantitative estimate of drug-likeness (QED) is 0.501. The average Bonchev–Trinajstić information content (AvgIpc) is 3.55. The molecule has 4 aliphatic rings. The van der Waals surface area contributed by atoms with Gasteiger partial charge in [0.2, 0.25) is 0 Å². The summed E-state index contributed by atoms with van der Waals surface area (Å²) in [5, 5.41) is 18.8. The summed E-state index contributed by atoms with van der Waals surface area (Å²) in [6.45, 7) is 6.15. The zero-order valence-electron chi connectivity index (χ0n) is 22.4. The molecule has 1 saturated carbocycles. The molecule has 8 heteroatoms. The lowest BCUT2D eigenvalue weighted by Crippen LogP contribution is -2.54. The van der Waals surface area contributed by atoms with Crippen molar-refractivity contribution in [2.75, 3.05) is 41.7 Å². The van der Waals surface area contributed by atoms with Gasteiger partial charge in [0, 0.05) is 55.2 Å². The number of nitrogens with two attached hydrogens (primary N) is 1. The van der Waals surface area contributed by atoms with Crippen molar-refractivity contribution >= 4 is 17.2 Å². The Kier molecular flexibility index (Phi) is 6.04. The lowest BCUT2D eigenvalue weighted by molar-refractivity contribution is 0.233. The first-order valence-corrected chi connectivity index (χ1v) is 14.2. The molecule has 5 atom stereocenters. The summed E-state index contributed by atoms with van der Waals surface area (Å²) in [4.78, 5) is 12.0. The second-order valence-electron chi connectivity index (χ2n) is 11.6. The third-order valence-electron chi connectivity index (χ3n) is 9.47. The molecule has 7 rings (SSSR count). The number of likely N-dealkylation sites (tertiary alicyclic amines) is 1. The Morgan fingerprint density at radius 3 is 2.56 bits per heavy atom. The summed E-state index contributed by atoms with van der Waals surface area (Å²) in [6.07, 6.45) is 6.87. The van der Waals surface area contributed by atoms with Gasteiger partial charge in [-0.15, -0.1) is 10.2 Å². The number of fused-ring (bicyclic) bond motifs is 4. The number of piperidine rings is 1. The summed E-state index contributed by atoms with van der Waals surface area (Å²) in [5.74, 6) is 9.06. The van der Waals surface area contributed by atoms with E-state index in [1.807, 2.05) is 24.4 Å². The van der Waals surface area contributed by atoms with Crippen molar-refractivity contribution in [2.24, 2.45) is 11.8 Å². The normalized spacial score (nSPS) is 27.6. The van der Waals surface area contributed by atoms with Crippen LogP contribution in [-0.4, -0.2) is 69.5 Å². The number of phenolic OH excluding ortho intramolecular Hbond substituents is 1. The molecule has 0 radical (unpaired) electrons. The van der Waals surface area contributed by atoms with Gasteiger partial charge in [-0.3, -0.25) is 4.90 Å². The molecule has 39 heavy (non-hydrogen) atoms. The molecule has 1 aromatic carbocycles. The number of nitrogens with zero attached hydrogens (tertiary/aromatic N) is 6. The van der Waals surface area contributed by atoms with Gasteiger partial charge in [-0.05, 0) is 73.8 Å². The van der Waals surface area contributed by atoms with Crippen LogP contribution in [0.25, 0.3) is 11.3 Å². The molecule has 0 amide bonds. The fraction of sp³-hybridized carbons (Fsp3) is 0.452. The zero-order valence-corrected chi connectivity index (χ0v) is 22.4. The van der Waals surface area contributed by atoms with E-state index in [9.17, 15) is 5.11 Å². The third-order valence-corrected chi connectivity index (χ3v) is 9.47. The van der Waals surface area contributed by atoms with Crippen LogP contribution < -0.4 is 15.5 Å². The fourth-order valence-corrected chi connectivity index (χ4v) is 7.48. The van der Waals surface area contributed by atoms with Crippen molar-refractivity contribution in [2.45, 2.75) is 50.7 Å². The minimum atomic E-state index is 0.186. The molecule has 8 nitrogen and oxygen atoms in total. The van der Waals surface area contributed by atoms with Crippen molar-refractivity contribution in [1.29, 1.82) is 0 Å². The van der Waals surface area contributed by atoms with Gasteiger partial charge in [-0.25, -0.2) is 4.98 Å². The highest BCUT2D eigenvalue weighted by Gasteiger charge is 2.43. The Hall–Kier alpha value is -3.83. The number of aromatic hydroxyl groups is 1. The summed E-state index contributed by atoms with van der Waals surface area (Å²) >= 11 is 0. The van der Waals surface area contributed by atoms with Crippen molar-refractivity contribution in [1.82, 2.24) is 20.1 Å². The highest BCUT2D eigenvalue weighted by molar-refractivity contribution is 5.74. The molecule has 4 bridgehead atoms. The highest BCUT2D eigenvalue weighted by atomic mass is 16.3. The van der Waals surface area contributed by atoms with E-state index in [0.717, 1.165) is 61.7 Å². The fourth-order valence-electron chi connectivity index (χ4n) is 7.48. The monoisotopic (exact) mass is 521 g/mol. The first-order chi connectivity index (χ1) is 19.0. The SMILES string of the molecule is C[C@H]1C2CCC1N(CC#Cc1cc(N3C4CCC3CN(c3cc(-c5ccccc5O)nnc3N)C4)ccn1)C2. The van der Waals surface area contributed by atoms with Gasteiger partial charge >= 0.3 is 0 Å².